The Morgan fingerprint density at radius 2 is 2.00 bits per heavy atom. The highest BCUT2D eigenvalue weighted by Crippen LogP contribution is 2.18. The molecule has 86 valence electrons. The van der Waals surface area contributed by atoms with E-state index in [0.29, 0.717) is 11.6 Å². The van der Waals surface area contributed by atoms with Crippen molar-refractivity contribution in [3.8, 4) is 5.75 Å². The summed E-state index contributed by atoms with van der Waals surface area (Å²) in [5.74, 6) is 1.73. The van der Waals surface area contributed by atoms with E-state index in [1.807, 2.05) is 36.4 Å². The largest absolute Gasteiger partial charge is 0.492 e. The predicted molar refractivity (Wildman–Crippen MR) is 73.6 cm³/mol. The molecule has 0 radical (unpaired) electrons. The SMILES string of the molecule is C=CCSC(C=C)COc1ccc(Cl)cc1. The van der Waals surface area contributed by atoms with E-state index < -0.39 is 0 Å². The van der Waals surface area contributed by atoms with Gasteiger partial charge in [0, 0.05) is 10.8 Å². The van der Waals surface area contributed by atoms with Crippen LogP contribution in [0.1, 0.15) is 0 Å². The van der Waals surface area contributed by atoms with Crippen LogP contribution in [0.4, 0.5) is 0 Å². The predicted octanol–water partition coefficient (Wildman–Crippen LogP) is 4.19. The Bertz CT molecular complexity index is 334. The molecule has 1 aromatic rings. The van der Waals surface area contributed by atoms with Crippen molar-refractivity contribution in [3.05, 3.63) is 54.6 Å². The molecule has 0 N–H and O–H groups in total. The summed E-state index contributed by atoms with van der Waals surface area (Å²) in [6, 6.07) is 7.36. The molecule has 0 aromatic heterocycles. The molecule has 1 rings (SSSR count). The van der Waals surface area contributed by atoms with Crippen LogP contribution in [-0.2, 0) is 0 Å². The third-order valence-electron chi connectivity index (χ3n) is 1.92. The molecule has 0 saturated heterocycles. The van der Waals surface area contributed by atoms with Crippen molar-refractivity contribution in [3.63, 3.8) is 0 Å². The van der Waals surface area contributed by atoms with Crippen molar-refractivity contribution < 1.29 is 4.74 Å². The van der Waals surface area contributed by atoms with Crippen LogP contribution in [0.15, 0.2) is 49.6 Å². The summed E-state index contributed by atoms with van der Waals surface area (Å²) >= 11 is 7.54. The first kappa shape index (κ1) is 13.2. The molecule has 3 heteroatoms. The van der Waals surface area contributed by atoms with Crippen molar-refractivity contribution in [1.82, 2.24) is 0 Å². The zero-order chi connectivity index (χ0) is 11.8. The maximum absolute atomic E-state index is 5.78. The number of halogens is 1. The molecule has 16 heavy (non-hydrogen) atoms. The number of hydrogen-bond acceptors (Lipinski definition) is 2. The second-order valence-electron chi connectivity index (χ2n) is 3.16. The lowest BCUT2D eigenvalue weighted by atomic mass is 10.3. The molecule has 1 aromatic carbocycles. The van der Waals surface area contributed by atoms with Crippen molar-refractivity contribution in [1.29, 1.82) is 0 Å². The fraction of sp³-hybridized carbons (Fsp3) is 0.231. The molecule has 0 bridgehead atoms. The monoisotopic (exact) mass is 254 g/mol. The Morgan fingerprint density at radius 1 is 1.31 bits per heavy atom. The average Bonchev–Trinajstić information content (AvgIpc) is 2.32. The standard InChI is InChI=1S/C13H15ClOS/c1-3-9-16-13(4-2)10-15-12-7-5-11(14)6-8-12/h3-8,13H,1-2,9-10H2. The van der Waals surface area contributed by atoms with E-state index in [1.165, 1.54) is 0 Å². The lowest BCUT2D eigenvalue weighted by Crippen LogP contribution is -2.11. The number of rotatable bonds is 7. The summed E-state index contributed by atoms with van der Waals surface area (Å²) < 4.78 is 5.63. The molecule has 0 aliphatic rings. The molecular formula is C13H15ClOS. The Morgan fingerprint density at radius 3 is 2.56 bits per heavy atom. The van der Waals surface area contributed by atoms with E-state index in [2.05, 4.69) is 13.2 Å². The van der Waals surface area contributed by atoms with Crippen LogP contribution in [0.3, 0.4) is 0 Å². The number of thioether (sulfide) groups is 1. The molecule has 0 fully saturated rings. The van der Waals surface area contributed by atoms with Crippen LogP contribution < -0.4 is 4.74 Å². The van der Waals surface area contributed by atoms with Gasteiger partial charge in [-0.25, -0.2) is 0 Å². The van der Waals surface area contributed by atoms with E-state index in [9.17, 15) is 0 Å². The summed E-state index contributed by atoms with van der Waals surface area (Å²) in [6.07, 6.45) is 3.77. The number of benzene rings is 1. The van der Waals surface area contributed by atoms with Gasteiger partial charge in [-0.2, -0.15) is 0 Å². The minimum atomic E-state index is 0.286. The van der Waals surface area contributed by atoms with Gasteiger partial charge >= 0.3 is 0 Å². The lowest BCUT2D eigenvalue weighted by Gasteiger charge is -2.12. The van der Waals surface area contributed by atoms with E-state index in [4.69, 9.17) is 16.3 Å². The summed E-state index contributed by atoms with van der Waals surface area (Å²) in [6.45, 7) is 8.08. The molecule has 0 heterocycles. The first-order valence-corrected chi connectivity index (χ1v) is 6.42. The molecule has 0 amide bonds. The number of hydrogen-bond donors (Lipinski definition) is 0. The number of ether oxygens (including phenoxy) is 1. The molecule has 0 aliphatic heterocycles. The van der Waals surface area contributed by atoms with E-state index in [1.54, 1.807) is 11.8 Å². The normalized spacial score (nSPS) is 11.8. The Labute approximate surface area is 106 Å². The van der Waals surface area contributed by atoms with E-state index >= 15 is 0 Å². The smallest absolute Gasteiger partial charge is 0.119 e. The topological polar surface area (TPSA) is 9.23 Å². The Balaban J connectivity index is 2.39. The lowest BCUT2D eigenvalue weighted by molar-refractivity contribution is 0.329. The van der Waals surface area contributed by atoms with Crippen LogP contribution in [-0.4, -0.2) is 17.6 Å². The van der Waals surface area contributed by atoms with Crippen LogP contribution in [0.5, 0.6) is 5.75 Å². The molecule has 0 saturated carbocycles. The highest BCUT2D eigenvalue weighted by atomic mass is 35.5. The van der Waals surface area contributed by atoms with E-state index in [-0.39, 0.29) is 5.25 Å². The van der Waals surface area contributed by atoms with Crippen molar-refractivity contribution in [2.45, 2.75) is 5.25 Å². The van der Waals surface area contributed by atoms with Crippen LogP contribution in [0, 0.1) is 0 Å². The van der Waals surface area contributed by atoms with Gasteiger partial charge in [0.05, 0.1) is 5.25 Å². The summed E-state index contributed by atoms with van der Waals surface area (Å²) in [5.41, 5.74) is 0. The third-order valence-corrected chi connectivity index (χ3v) is 3.36. The minimum Gasteiger partial charge on any atom is -0.492 e. The maximum atomic E-state index is 5.78. The second-order valence-corrected chi connectivity index (χ2v) is 4.87. The zero-order valence-electron chi connectivity index (χ0n) is 9.06. The molecule has 0 spiro atoms. The Kier molecular flexibility index (Phi) is 6.12. The molecule has 1 nitrogen and oxygen atoms in total. The van der Waals surface area contributed by atoms with Gasteiger partial charge in [0.1, 0.15) is 12.4 Å². The fourth-order valence-electron chi connectivity index (χ4n) is 1.09. The van der Waals surface area contributed by atoms with Crippen molar-refractivity contribution in [2.75, 3.05) is 12.4 Å². The van der Waals surface area contributed by atoms with Crippen LogP contribution in [0.25, 0.3) is 0 Å². The minimum absolute atomic E-state index is 0.286. The molecular weight excluding hydrogens is 240 g/mol. The van der Waals surface area contributed by atoms with Gasteiger partial charge < -0.3 is 4.74 Å². The highest BCUT2D eigenvalue weighted by molar-refractivity contribution is 8.00. The van der Waals surface area contributed by atoms with Crippen molar-refractivity contribution in [2.24, 2.45) is 0 Å². The quantitative estimate of drug-likeness (QED) is 0.675. The zero-order valence-corrected chi connectivity index (χ0v) is 10.6. The van der Waals surface area contributed by atoms with E-state index in [0.717, 1.165) is 11.5 Å². The van der Waals surface area contributed by atoms with Crippen molar-refractivity contribution >= 4 is 23.4 Å². The molecule has 1 atom stereocenters. The molecule has 1 unspecified atom stereocenters. The summed E-state index contributed by atoms with van der Waals surface area (Å²) in [4.78, 5) is 0. The Hall–Kier alpha value is -0.860. The summed E-state index contributed by atoms with van der Waals surface area (Å²) in [5, 5.41) is 1.00. The van der Waals surface area contributed by atoms with Gasteiger partial charge in [-0.15, -0.1) is 24.9 Å². The first-order chi connectivity index (χ1) is 7.76. The fourth-order valence-corrected chi connectivity index (χ4v) is 1.89. The second kappa shape index (κ2) is 7.42. The highest BCUT2D eigenvalue weighted by Gasteiger charge is 2.04. The third kappa shape index (κ3) is 4.77. The van der Waals surface area contributed by atoms with Gasteiger partial charge in [0.15, 0.2) is 0 Å². The van der Waals surface area contributed by atoms with Crippen LogP contribution >= 0.6 is 23.4 Å². The van der Waals surface area contributed by atoms with Crippen LogP contribution in [0.2, 0.25) is 5.02 Å². The van der Waals surface area contributed by atoms with Gasteiger partial charge in [0.25, 0.3) is 0 Å². The maximum Gasteiger partial charge on any atom is 0.119 e. The average molecular weight is 255 g/mol. The van der Waals surface area contributed by atoms with Gasteiger partial charge in [0.2, 0.25) is 0 Å². The first-order valence-electron chi connectivity index (χ1n) is 4.99. The summed E-state index contributed by atoms with van der Waals surface area (Å²) in [7, 11) is 0. The van der Waals surface area contributed by atoms with Gasteiger partial charge in [-0.1, -0.05) is 23.8 Å². The van der Waals surface area contributed by atoms with Gasteiger partial charge in [-0.3, -0.25) is 0 Å². The molecule has 0 aliphatic carbocycles. The van der Waals surface area contributed by atoms with Gasteiger partial charge in [-0.05, 0) is 24.3 Å².